The van der Waals surface area contributed by atoms with E-state index in [2.05, 4.69) is 10.2 Å². The second-order valence-corrected chi connectivity index (χ2v) is 6.75. The van der Waals surface area contributed by atoms with Crippen molar-refractivity contribution in [2.75, 3.05) is 50.7 Å². The van der Waals surface area contributed by atoms with E-state index in [-0.39, 0.29) is 5.56 Å². The summed E-state index contributed by atoms with van der Waals surface area (Å²) in [5.41, 5.74) is 1.88. The fraction of sp³-hybridized carbons (Fsp3) is 0.364. The molecule has 2 aromatic carbocycles. The van der Waals surface area contributed by atoms with Crippen molar-refractivity contribution in [1.29, 1.82) is 0 Å². The molecule has 0 aromatic heterocycles. The predicted molar refractivity (Wildman–Crippen MR) is 113 cm³/mol. The van der Waals surface area contributed by atoms with E-state index in [1.165, 1.54) is 27.2 Å². The van der Waals surface area contributed by atoms with Gasteiger partial charge in [0, 0.05) is 24.5 Å². The van der Waals surface area contributed by atoms with Crippen molar-refractivity contribution in [3.05, 3.63) is 48.0 Å². The topological polar surface area (TPSA) is 86.3 Å². The SMILES string of the molecule is COc1ccc(OC)c(C(=O)O[C@@H](C)C(=O)Nc2ccc(N3CCOCC3)cc2)c1. The summed E-state index contributed by atoms with van der Waals surface area (Å²) in [7, 11) is 2.95. The number of anilines is 2. The molecule has 1 saturated heterocycles. The molecule has 1 fully saturated rings. The van der Waals surface area contributed by atoms with Crippen molar-refractivity contribution in [1.82, 2.24) is 0 Å². The van der Waals surface area contributed by atoms with E-state index >= 15 is 0 Å². The van der Waals surface area contributed by atoms with Crippen LogP contribution in [0.25, 0.3) is 0 Å². The van der Waals surface area contributed by atoms with Gasteiger partial charge in [-0.2, -0.15) is 0 Å². The monoisotopic (exact) mass is 414 g/mol. The van der Waals surface area contributed by atoms with Crippen LogP contribution in [-0.4, -0.2) is 58.5 Å². The molecule has 8 heteroatoms. The van der Waals surface area contributed by atoms with Crippen molar-refractivity contribution in [3.8, 4) is 11.5 Å². The number of carbonyl (C=O) groups excluding carboxylic acids is 2. The van der Waals surface area contributed by atoms with E-state index in [1.807, 2.05) is 24.3 Å². The summed E-state index contributed by atoms with van der Waals surface area (Å²) in [5, 5.41) is 2.76. The van der Waals surface area contributed by atoms with E-state index in [0.29, 0.717) is 30.4 Å². The van der Waals surface area contributed by atoms with Gasteiger partial charge in [-0.1, -0.05) is 0 Å². The van der Waals surface area contributed by atoms with Gasteiger partial charge in [0.2, 0.25) is 0 Å². The molecule has 0 spiro atoms. The van der Waals surface area contributed by atoms with Gasteiger partial charge in [0.1, 0.15) is 17.1 Å². The molecule has 1 amide bonds. The quantitative estimate of drug-likeness (QED) is 0.697. The van der Waals surface area contributed by atoms with Crippen LogP contribution in [0.4, 0.5) is 11.4 Å². The Morgan fingerprint density at radius 2 is 1.73 bits per heavy atom. The summed E-state index contributed by atoms with van der Waals surface area (Å²) in [6.07, 6.45) is -0.993. The Kier molecular flexibility index (Phi) is 7.13. The lowest BCUT2D eigenvalue weighted by atomic mass is 10.2. The summed E-state index contributed by atoms with van der Waals surface area (Å²) in [4.78, 5) is 27.2. The Morgan fingerprint density at radius 3 is 2.37 bits per heavy atom. The van der Waals surface area contributed by atoms with Crippen molar-refractivity contribution in [3.63, 3.8) is 0 Å². The molecule has 3 rings (SSSR count). The summed E-state index contributed by atoms with van der Waals surface area (Å²) < 4.78 is 21.0. The van der Waals surface area contributed by atoms with Crippen molar-refractivity contribution in [2.24, 2.45) is 0 Å². The number of esters is 1. The van der Waals surface area contributed by atoms with Gasteiger partial charge in [-0.15, -0.1) is 0 Å². The summed E-state index contributed by atoms with van der Waals surface area (Å²) in [5.74, 6) is -0.271. The Bertz CT molecular complexity index is 878. The predicted octanol–water partition coefficient (Wildman–Crippen LogP) is 2.72. The highest BCUT2D eigenvalue weighted by atomic mass is 16.5. The molecule has 1 atom stereocenters. The minimum Gasteiger partial charge on any atom is -0.497 e. The molecule has 1 heterocycles. The van der Waals surface area contributed by atoms with Crippen molar-refractivity contribution < 1.29 is 28.5 Å². The van der Waals surface area contributed by atoms with Gasteiger partial charge >= 0.3 is 5.97 Å². The van der Waals surface area contributed by atoms with Crippen LogP contribution in [0.1, 0.15) is 17.3 Å². The first-order valence-electron chi connectivity index (χ1n) is 9.68. The highest BCUT2D eigenvalue weighted by Gasteiger charge is 2.22. The maximum atomic E-state index is 12.5. The fourth-order valence-corrected chi connectivity index (χ4v) is 3.07. The lowest BCUT2D eigenvalue weighted by molar-refractivity contribution is -0.123. The zero-order valence-electron chi connectivity index (χ0n) is 17.3. The Balaban J connectivity index is 1.60. The highest BCUT2D eigenvalue weighted by molar-refractivity contribution is 5.98. The molecule has 2 aromatic rings. The molecule has 0 radical (unpaired) electrons. The second-order valence-electron chi connectivity index (χ2n) is 6.75. The molecular weight excluding hydrogens is 388 g/mol. The highest BCUT2D eigenvalue weighted by Crippen LogP contribution is 2.25. The van der Waals surface area contributed by atoms with Crippen LogP contribution in [0.2, 0.25) is 0 Å². The molecule has 0 bridgehead atoms. The maximum Gasteiger partial charge on any atom is 0.342 e. The number of benzene rings is 2. The van der Waals surface area contributed by atoms with Gasteiger partial charge in [-0.3, -0.25) is 4.79 Å². The van der Waals surface area contributed by atoms with Crippen LogP contribution in [0.15, 0.2) is 42.5 Å². The van der Waals surface area contributed by atoms with Gasteiger partial charge in [-0.05, 0) is 49.4 Å². The van der Waals surface area contributed by atoms with Crippen LogP contribution in [0, 0.1) is 0 Å². The van der Waals surface area contributed by atoms with E-state index < -0.39 is 18.0 Å². The Morgan fingerprint density at radius 1 is 1.03 bits per heavy atom. The van der Waals surface area contributed by atoms with Crippen LogP contribution < -0.4 is 19.7 Å². The second kappa shape index (κ2) is 9.98. The third-order valence-electron chi connectivity index (χ3n) is 4.79. The number of nitrogens with zero attached hydrogens (tertiary/aromatic N) is 1. The largest absolute Gasteiger partial charge is 0.497 e. The van der Waals surface area contributed by atoms with Gasteiger partial charge in [0.15, 0.2) is 6.10 Å². The first kappa shape index (κ1) is 21.4. The normalized spacial score (nSPS) is 14.6. The maximum absolute atomic E-state index is 12.5. The van der Waals surface area contributed by atoms with E-state index in [1.54, 1.807) is 12.1 Å². The minimum absolute atomic E-state index is 0.186. The zero-order chi connectivity index (χ0) is 21.5. The van der Waals surface area contributed by atoms with Crippen molar-refractivity contribution >= 4 is 23.3 Å². The zero-order valence-corrected chi connectivity index (χ0v) is 17.3. The summed E-state index contributed by atoms with van der Waals surface area (Å²) in [6.45, 7) is 4.61. The summed E-state index contributed by atoms with van der Waals surface area (Å²) in [6, 6.07) is 12.3. The molecule has 1 aliphatic rings. The number of amides is 1. The van der Waals surface area contributed by atoms with Gasteiger partial charge in [0.05, 0.1) is 27.4 Å². The standard InChI is InChI=1S/C22H26N2O6/c1-15(30-22(26)19-14-18(27-2)8-9-20(19)28-3)21(25)23-16-4-6-17(7-5-16)24-10-12-29-13-11-24/h4-9,14-15H,10-13H2,1-3H3,(H,23,25)/t15-/m0/s1. The third-order valence-corrected chi connectivity index (χ3v) is 4.79. The Hall–Kier alpha value is -3.26. The molecule has 8 nitrogen and oxygen atoms in total. The number of rotatable bonds is 7. The van der Waals surface area contributed by atoms with Crippen LogP contribution in [0.3, 0.4) is 0 Å². The average Bonchev–Trinajstić information content (AvgIpc) is 2.79. The number of methoxy groups -OCH3 is 2. The lowest BCUT2D eigenvalue weighted by Gasteiger charge is -2.28. The van der Waals surface area contributed by atoms with Crippen molar-refractivity contribution in [2.45, 2.75) is 13.0 Å². The fourth-order valence-electron chi connectivity index (χ4n) is 3.07. The van der Waals surface area contributed by atoms with E-state index in [0.717, 1.165) is 18.8 Å². The molecule has 1 N–H and O–H groups in total. The number of nitrogens with one attached hydrogen (secondary N) is 1. The molecule has 1 aliphatic heterocycles. The first-order chi connectivity index (χ1) is 14.5. The molecule has 30 heavy (non-hydrogen) atoms. The Labute approximate surface area is 175 Å². The van der Waals surface area contributed by atoms with E-state index in [4.69, 9.17) is 18.9 Å². The minimum atomic E-state index is -0.993. The molecule has 0 unspecified atom stereocenters. The van der Waals surface area contributed by atoms with Gasteiger partial charge < -0.3 is 29.2 Å². The number of ether oxygens (including phenoxy) is 4. The van der Waals surface area contributed by atoms with Gasteiger partial charge in [-0.25, -0.2) is 4.79 Å². The number of morpholine rings is 1. The number of carbonyl (C=O) groups is 2. The number of hydrogen-bond donors (Lipinski definition) is 1. The molecule has 160 valence electrons. The third kappa shape index (κ3) is 5.21. The van der Waals surface area contributed by atoms with E-state index in [9.17, 15) is 9.59 Å². The average molecular weight is 414 g/mol. The lowest BCUT2D eigenvalue weighted by Crippen LogP contribution is -2.36. The molecule has 0 saturated carbocycles. The van der Waals surface area contributed by atoms with Gasteiger partial charge in [0.25, 0.3) is 5.91 Å². The molecule has 0 aliphatic carbocycles. The van der Waals surface area contributed by atoms with Crippen LogP contribution in [-0.2, 0) is 14.3 Å². The first-order valence-corrected chi connectivity index (χ1v) is 9.68. The van der Waals surface area contributed by atoms with Crippen LogP contribution >= 0.6 is 0 Å². The summed E-state index contributed by atoms with van der Waals surface area (Å²) >= 11 is 0. The number of hydrogen-bond acceptors (Lipinski definition) is 7. The molecular formula is C22H26N2O6. The smallest absolute Gasteiger partial charge is 0.342 e. The van der Waals surface area contributed by atoms with Crippen LogP contribution in [0.5, 0.6) is 11.5 Å².